The Balaban J connectivity index is 1.33. The average Bonchev–Trinajstić information content (AvgIpc) is 3.51. The number of hydrogen-bond donors (Lipinski definition) is 4. The van der Waals surface area contributed by atoms with E-state index >= 15 is 0 Å². The van der Waals surface area contributed by atoms with Gasteiger partial charge in [-0.05, 0) is 132 Å². The summed E-state index contributed by atoms with van der Waals surface area (Å²) in [5, 5.41) is 36.1. The predicted molar refractivity (Wildman–Crippen MR) is 171 cm³/mol. The Hall–Kier alpha value is -2.71. The number of H-pyrrole nitrogens is 1. The van der Waals surface area contributed by atoms with Crippen LogP contribution in [0.1, 0.15) is 76.3 Å². The summed E-state index contributed by atoms with van der Waals surface area (Å²) in [4.78, 5) is 14.1. The summed E-state index contributed by atoms with van der Waals surface area (Å²) in [5.74, 6) is 0.558. The monoisotopic (exact) mass is 582 g/mol. The lowest BCUT2D eigenvalue weighted by Crippen LogP contribution is -2.65. The fourth-order valence-corrected chi connectivity index (χ4v) is 10.0. The zero-order chi connectivity index (χ0) is 29.2. The summed E-state index contributed by atoms with van der Waals surface area (Å²) in [6.07, 6.45) is 19.5. The minimum Gasteiger partial charge on any atom is -0.508 e. The predicted octanol–water partition coefficient (Wildman–Crippen LogP) is 5.76. The lowest BCUT2D eigenvalue weighted by atomic mass is 9.54. The van der Waals surface area contributed by atoms with E-state index in [1.807, 2.05) is 24.4 Å². The third kappa shape index (κ3) is 4.57. The largest absolute Gasteiger partial charge is 0.508 e. The molecule has 6 heterocycles. The highest BCUT2D eigenvalue weighted by molar-refractivity contribution is 6.10. The minimum atomic E-state index is -0.978. The van der Waals surface area contributed by atoms with Gasteiger partial charge in [0.15, 0.2) is 0 Å². The summed E-state index contributed by atoms with van der Waals surface area (Å²) in [6, 6.07) is 7.99. The van der Waals surface area contributed by atoms with Gasteiger partial charge >= 0.3 is 0 Å². The molecule has 8 rings (SSSR count). The van der Waals surface area contributed by atoms with Crippen molar-refractivity contribution in [3.8, 4) is 5.75 Å². The molecule has 5 aliphatic rings. The van der Waals surface area contributed by atoms with E-state index in [9.17, 15) is 15.3 Å². The standard InChI is InChI=1S/C36H46N4O3/c41-25-8-7-18-40-24(9-10-25)21-35-23-39-17-6-4-2-1-3-5-15-36(43,34(35)40)22-29(30(35)14-19-39)32-33-27(13-16-37-32)28-20-26(42)11-12-31(28)38-33/h1,3,11-13,16,20,22,24-25,30,34,38,41-43H,2,4-10,14-15,17-19,21,23H2/b3-1-/t24-,25+,30-,34+,35-,36-/m0/s1. The second kappa shape index (κ2) is 10.7. The van der Waals surface area contributed by atoms with Crippen molar-refractivity contribution in [3.05, 3.63) is 54.4 Å². The number of allylic oxidation sites excluding steroid dienone is 3. The number of phenols is 1. The minimum absolute atomic E-state index is 0.0600. The fourth-order valence-electron chi connectivity index (χ4n) is 10.0. The Bertz CT molecular complexity index is 1580. The molecule has 3 bridgehead atoms. The van der Waals surface area contributed by atoms with E-state index < -0.39 is 5.60 Å². The first kappa shape index (κ1) is 27.8. The van der Waals surface area contributed by atoms with Crippen molar-refractivity contribution in [3.63, 3.8) is 0 Å². The van der Waals surface area contributed by atoms with E-state index in [0.717, 1.165) is 105 Å². The average molecular weight is 583 g/mol. The van der Waals surface area contributed by atoms with Crippen molar-refractivity contribution in [2.75, 3.05) is 26.2 Å². The molecule has 1 aromatic carbocycles. The Kier molecular flexibility index (Phi) is 6.94. The number of rotatable bonds is 1. The smallest absolute Gasteiger partial charge is 0.116 e. The number of phenolic OH excluding ortho intramolecular Hbond substituents is 1. The number of aliphatic hydroxyl groups excluding tert-OH is 1. The lowest BCUT2D eigenvalue weighted by Gasteiger charge is -2.58. The van der Waals surface area contributed by atoms with E-state index in [2.05, 4.69) is 33.0 Å². The molecule has 1 spiro atoms. The van der Waals surface area contributed by atoms with Gasteiger partial charge in [-0.3, -0.25) is 9.88 Å². The number of pyridine rings is 1. The van der Waals surface area contributed by atoms with Crippen molar-refractivity contribution in [1.29, 1.82) is 0 Å². The number of piperidine rings is 1. The summed E-state index contributed by atoms with van der Waals surface area (Å²) >= 11 is 0. The Morgan fingerprint density at radius 3 is 2.77 bits per heavy atom. The first-order valence-corrected chi connectivity index (χ1v) is 16.8. The van der Waals surface area contributed by atoms with Gasteiger partial charge in [-0.25, -0.2) is 0 Å². The highest BCUT2D eigenvalue weighted by Crippen LogP contribution is 2.62. The molecule has 0 saturated carbocycles. The van der Waals surface area contributed by atoms with E-state index in [1.54, 1.807) is 6.07 Å². The van der Waals surface area contributed by atoms with Crippen molar-refractivity contribution >= 4 is 27.4 Å². The maximum absolute atomic E-state index is 13.1. The molecule has 1 aliphatic carbocycles. The maximum Gasteiger partial charge on any atom is 0.116 e. The number of aromatic amines is 1. The zero-order valence-corrected chi connectivity index (χ0v) is 25.2. The molecule has 228 valence electrons. The van der Waals surface area contributed by atoms with Gasteiger partial charge in [0.25, 0.3) is 0 Å². The molecule has 3 aromatic rings. The van der Waals surface area contributed by atoms with Gasteiger partial charge in [0.05, 0.1) is 22.9 Å². The van der Waals surface area contributed by atoms with Gasteiger partial charge in [0.1, 0.15) is 5.75 Å². The Morgan fingerprint density at radius 2 is 1.84 bits per heavy atom. The summed E-state index contributed by atoms with van der Waals surface area (Å²) in [7, 11) is 0. The highest BCUT2D eigenvalue weighted by Gasteiger charge is 2.66. The second-order valence-corrected chi connectivity index (χ2v) is 14.3. The van der Waals surface area contributed by atoms with Gasteiger partial charge in [-0.15, -0.1) is 0 Å². The molecule has 0 amide bonds. The van der Waals surface area contributed by atoms with Gasteiger partial charge in [0.2, 0.25) is 0 Å². The van der Waals surface area contributed by atoms with Crippen LogP contribution in [0.25, 0.3) is 27.4 Å². The molecule has 7 heteroatoms. The highest BCUT2D eigenvalue weighted by atomic mass is 16.3. The Morgan fingerprint density at radius 1 is 0.930 bits per heavy atom. The number of hydrogen-bond acceptors (Lipinski definition) is 6. The van der Waals surface area contributed by atoms with Crippen LogP contribution in [0.4, 0.5) is 0 Å². The summed E-state index contributed by atoms with van der Waals surface area (Å²) in [5.41, 5.74) is 3.09. The number of aromatic nitrogens is 2. The molecule has 1 unspecified atom stereocenters. The molecule has 4 N–H and O–H groups in total. The summed E-state index contributed by atoms with van der Waals surface area (Å²) < 4.78 is 0. The normalized spacial score (nSPS) is 37.8. The third-order valence-corrected chi connectivity index (χ3v) is 11.7. The van der Waals surface area contributed by atoms with Crippen molar-refractivity contribution in [2.45, 2.75) is 94.4 Å². The number of aromatic hydroxyl groups is 1. The van der Waals surface area contributed by atoms with Crippen LogP contribution >= 0.6 is 0 Å². The second-order valence-electron chi connectivity index (χ2n) is 14.3. The van der Waals surface area contributed by atoms with Crippen LogP contribution in [-0.2, 0) is 0 Å². The molecule has 3 fully saturated rings. The van der Waals surface area contributed by atoms with Crippen LogP contribution in [0.5, 0.6) is 5.75 Å². The first-order valence-electron chi connectivity index (χ1n) is 16.8. The van der Waals surface area contributed by atoms with Crippen molar-refractivity contribution < 1.29 is 15.3 Å². The molecule has 2 aromatic heterocycles. The van der Waals surface area contributed by atoms with Crippen molar-refractivity contribution in [1.82, 2.24) is 19.8 Å². The van der Waals surface area contributed by atoms with Crippen LogP contribution < -0.4 is 0 Å². The molecule has 7 nitrogen and oxygen atoms in total. The molecule has 7 atom stereocenters. The van der Waals surface area contributed by atoms with Crippen molar-refractivity contribution in [2.24, 2.45) is 11.3 Å². The molecular weight excluding hydrogens is 536 g/mol. The third-order valence-electron chi connectivity index (χ3n) is 11.7. The van der Waals surface area contributed by atoms with E-state index in [1.165, 1.54) is 18.4 Å². The van der Waals surface area contributed by atoms with Crippen LogP contribution in [0.2, 0.25) is 0 Å². The number of benzene rings is 1. The van der Waals surface area contributed by atoms with Gasteiger partial charge in [-0.1, -0.05) is 12.2 Å². The van der Waals surface area contributed by atoms with E-state index in [0.29, 0.717) is 18.4 Å². The number of nitrogens with zero attached hydrogens (tertiary/aromatic N) is 3. The van der Waals surface area contributed by atoms with Gasteiger partial charge in [0, 0.05) is 46.5 Å². The van der Waals surface area contributed by atoms with Crippen LogP contribution in [-0.4, -0.2) is 85.1 Å². The molecular formula is C36H46N4O3. The molecule has 3 saturated heterocycles. The van der Waals surface area contributed by atoms with Gasteiger partial charge < -0.3 is 25.2 Å². The van der Waals surface area contributed by atoms with E-state index in [4.69, 9.17) is 4.98 Å². The fraction of sp³-hybridized carbons (Fsp3) is 0.583. The zero-order valence-electron chi connectivity index (χ0n) is 25.2. The van der Waals surface area contributed by atoms with Gasteiger partial charge in [-0.2, -0.15) is 0 Å². The molecule has 4 aliphatic heterocycles. The van der Waals surface area contributed by atoms with E-state index in [-0.39, 0.29) is 23.3 Å². The molecule has 43 heavy (non-hydrogen) atoms. The maximum atomic E-state index is 13.1. The van der Waals surface area contributed by atoms with Crippen LogP contribution in [0, 0.1) is 11.3 Å². The quantitative estimate of drug-likeness (QED) is 0.273. The Labute approximate surface area is 254 Å². The molecule has 0 radical (unpaired) electrons. The SMILES string of the molecule is Oc1ccc2[nH]c3c(C4=C[C@@]5(O)CC/C=C\CCCCN6CC[C@@H]4[C@]4(C[C@@H]7CC[C@H](O)CCCN7[C@H]45)C6)nccc3c2c1. The lowest BCUT2D eigenvalue weighted by molar-refractivity contribution is -0.0918. The number of fused-ring (bicyclic) bond motifs is 5. The number of nitrogens with one attached hydrogen (secondary N) is 1. The van der Waals surface area contributed by atoms with Crippen LogP contribution in [0.15, 0.2) is 48.7 Å². The summed E-state index contributed by atoms with van der Waals surface area (Å²) in [6.45, 7) is 4.16. The topological polar surface area (TPSA) is 95.8 Å². The first-order chi connectivity index (χ1) is 21.0. The van der Waals surface area contributed by atoms with Crippen LogP contribution in [0.3, 0.4) is 0 Å². The number of aliphatic hydroxyl groups is 2.